The summed E-state index contributed by atoms with van der Waals surface area (Å²) in [5.74, 6) is 2.33. The average Bonchev–Trinajstić information content (AvgIpc) is 3.12. The number of hydrogen-bond donors (Lipinski definition) is 1. The van der Waals surface area contributed by atoms with Crippen molar-refractivity contribution >= 4 is 11.3 Å². The molecule has 5 heteroatoms. The molecule has 4 heterocycles. The molecule has 106 valence electrons. The lowest BCUT2D eigenvalue weighted by Gasteiger charge is -2.24. The summed E-state index contributed by atoms with van der Waals surface area (Å²) in [6.07, 6.45) is 5.09. The Morgan fingerprint density at radius 1 is 1.35 bits per heavy atom. The summed E-state index contributed by atoms with van der Waals surface area (Å²) >= 11 is 0. The Morgan fingerprint density at radius 2 is 2.25 bits per heavy atom. The molecule has 2 aliphatic heterocycles. The summed E-state index contributed by atoms with van der Waals surface area (Å²) in [7, 11) is 0. The Balaban J connectivity index is 1.79. The molecule has 0 spiro atoms. The van der Waals surface area contributed by atoms with E-state index in [0.29, 0.717) is 12.0 Å². The van der Waals surface area contributed by atoms with Crippen LogP contribution < -0.4 is 10.2 Å². The Labute approximate surface area is 119 Å². The number of anilines is 1. The Bertz CT molecular complexity index is 632. The van der Waals surface area contributed by atoms with Crippen molar-refractivity contribution in [2.45, 2.75) is 32.2 Å². The summed E-state index contributed by atoms with van der Waals surface area (Å²) in [5, 5.41) is 8.17. The molecular weight excluding hydrogens is 250 g/mol. The molecule has 2 aliphatic rings. The number of aromatic nitrogens is 3. The van der Waals surface area contributed by atoms with Gasteiger partial charge in [0, 0.05) is 38.1 Å². The highest BCUT2D eigenvalue weighted by Crippen LogP contribution is 2.33. The first-order chi connectivity index (χ1) is 9.74. The Hall–Kier alpha value is -1.62. The van der Waals surface area contributed by atoms with Crippen LogP contribution in [0.1, 0.15) is 31.9 Å². The van der Waals surface area contributed by atoms with Crippen LogP contribution in [0.2, 0.25) is 0 Å². The van der Waals surface area contributed by atoms with Crippen molar-refractivity contribution < 1.29 is 0 Å². The number of nitrogens with zero attached hydrogens (tertiary/aromatic N) is 4. The van der Waals surface area contributed by atoms with Gasteiger partial charge in [-0.1, -0.05) is 13.8 Å². The van der Waals surface area contributed by atoms with Gasteiger partial charge in [-0.15, -0.1) is 0 Å². The normalized spacial score (nSPS) is 25.9. The monoisotopic (exact) mass is 271 g/mol. The first-order valence-corrected chi connectivity index (χ1v) is 7.55. The lowest BCUT2D eigenvalue weighted by atomic mass is 10.1. The minimum atomic E-state index is 0.447. The third kappa shape index (κ3) is 1.73. The van der Waals surface area contributed by atoms with Gasteiger partial charge < -0.3 is 10.2 Å². The van der Waals surface area contributed by atoms with E-state index in [2.05, 4.69) is 40.2 Å². The van der Waals surface area contributed by atoms with E-state index in [1.807, 2.05) is 16.9 Å². The van der Waals surface area contributed by atoms with Crippen LogP contribution in [0.5, 0.6) is 0 Å². The quantitative estimate of drug-likeness (QED) is 0.902. The predicted octanol–water partition coefficient (Wildman–Crippen LogP) is 1.65. The molecular formula is C15H21N5. The van der Waals surface area contributed by atoms with Crippen molar-refractivity contribution in [3.8, 4) is 0 Å². The Kier molecular flexibility index (Phi) is 2.70. The smallest absolute Gasteiger partial charge is 0.154 e. The van der Waals surface area contributed by atoms with E-state index in [4.69, 9.17) is 0 Å². The highest BCUT2D eigenvalue weighted by molar-refractivity contribution is 5.70. The third-order valence-corrected chi connectivity index (χ3v) is 4.70. The molecule has 2 saturated heterocycles. The molecule has 0 aromatic carbocycles. The second kappa shape index (κ2) is 4.45. The Morgan fingerprint density at radius 3 is 3.10 bits per heavy atom. The van der Waals surface area contributed by atoms with Gasteiger partial charge in [0.1, 0.15) is 5.52 Å². The van der Waals surface area contributed by atoms with Gasteiger partial charge in [0.2, 0.25) is 0 Å². The van der Waals surface area contributed by atoms with Crippen LogP contribution >= 0.6 is 0 Å². The molecule has 0 unspecified atom stereocenters. The van der Waals surface area contributed by atoms with Crippen LogP contribution in [0.15, 0.2) is 18.5 Å². The molecule has 0 amide bonds. The van der Waals surface area contributed by atoms with Crippen molar-refractivity contribution in [1.29, 1.82) is 0 Å². The number of rotatable bonds is 2. The highest BCUT2D eigenvalue weighted by Gasteiger charge is 2.38. The molecule has 0 radical (unpaired) electrons. The van der Waals surface area contributed by atoms with Crippen LogP contribution in [0.4, 0.5) is 5.82 Å². The maximum Gasteiger partial charge on any atom is 0.154 e. The van der Waals surface area contributed by atoms with Gasteiger partial charge in [-0.2, -0.15) is 5.10 Å². The fraction of sp³-hybridized carbons (Fsp3) is 0.600. The summed E-state index contributed by atoms with van der Waals surface area (Å²) < 4.78 is 1.98. The summed E-state index contributed by atoms with van der Waals surface area (Å²) in [6.45, 7) is 7.72. The van der Waals surface area contributed by atoms with Gasteiger partial charge >= 0.3 is 0 Å². The summed E-state index contributed by atoms with van der Waals surface area (Å²) in [5.41, 5.74) is 2.28. The highest BCUT2D eigenvalue weighted by atomic mass is 15.3. The molecule has 0 saturated carbocycles. The predicted molar refractivity (Wildman–Crippen MR) is 79.2 cm³/mol. The number of hydrogen-bond acceptors (Lipinski definition) is 4. The summed E-state index contributed by atoms with van der Waals surface area (Å²) in [6, 6.07) is 2.80. The first-order valence-electron chi connectivity index (χ1n) is 7.55. The average molecular weight is 271 g/mol. The van der Waals surface area contributed by atoms with Crippen LogP contribution in [-0.4, -0.2) is 40.3 Å². The summed E-state index contributed by atoms with van der Waals surface area (Å²) in [4.78, 5) is 7.14. The van der Waals surface area contributed by atoms with Gasteiger partial charge in [0.15, 0.2) is 5.82 Å². The molecule has 2 atom stereocenters. The molecule has 0 aliphatic carbocycles. The second-order valence-corrected chi connectivity index (χ2v) is 6.27. The minimum Gasteiger partial charge on any atom is -0.350 e. The van der Waals surface area contributed by atoms with E-state index in [-0.39, 0.29) is 0 Å². The van der Waals surface area contributed by atoms with Gasteiger partial charge in [-0.25, -0.2) is 9.50 Å². The zero-order valence-corrected chi connectivity index (χ0v) is 12.1. The standard InChI is InChI=1S/C15H21N5/c1-10(2)12-7-13-15(17-4-6-20(13)18-12)19-5-3-11-8-16-9-14(11)19/h4,6-7,10-11,14,16H,3,5,8-9H2,1-2H3/t11-,14+/m0/s1. The van der Waals surface area contributed by atoms with Crippen molar-refractivity contribution in [3.63, 3.8) is 0 Å². The minimum absolute atomic E-state index is 0.447. The van der Waals surface area contributed by atoms with E-state index in [9.17, 15) is 0 Å². The van der Waals surface area contributed by atoms with Crippen LogP contribution in [0.3, 0.4) is 0 Å². The van der Waals surface area contributed by atoms with Gasteiger partial charge in [0.05, 0.1) is 5.69 Å². The van der Waals surface area contributed by atoms with Gasteiger partial charge in [0.25, 0.3) is 0 Å². The van der Waals surface area contributed by atoms with E-state index < -0.39 is 0 Å². The van der Waals surface area contributed by atoms with Gasteiger partial charge in [-0.3, -0.25) is 0 Å². The topological polar surface area (TPSA) is 45.5 Å². The number of nitrogens with one attached hydrogen (secondary N) is 1. The van der Waals surface area contributed by atoms with E-state index in [1.54, 1.807) is 0 Å². The molecule has 20 heavy (non-hydrogen) atoms. The zero-order valence-electron chi connectivity index (χ0n) is 12.1. The fourth-order valence-electron chi connectivity index (χ4n) is 3.54. The molecule has 0 bridgehead atoms. The van der Waals surface area contributed by atoms with Crippen LogP contribution in [-0.2, 0) is 0 Å². The van der Waals surface area contributed by atoms with E-state index in [0.717, 1.165) is 42.6 Å². The van der Waals surface area contributed by atoms with E-state index in [1.165, 1.54) is 6.42 Å². The maximum atomic E-state index is 4.66. The van der Waals surface area contributed by atoms with Crippen LogP contribution in [0.25, 0.3) is 5.52 Å². The van der Waals surface area contributed by atoms with E-state index >= 15 is 0 Å². The van der Waals surface area contributed by atoms with Crippen LogP contribution in [0, 0.1) is 5.92 Å². The lowest BCUT2D eigenvalue weighted by molar-refractivity contribution is 0.577. The third-order valence-electron chi connectivity index (χ3n) is 4.70. The molecule has 5 nitrogen and oxygen atoms in total. The molecule has 1 N–H and O–H groups in total. The number of fused-ring (bicyclic) bond motifs is 2. The van der Waals surface area contributed by atoms with Gasteiger partial charge in [-0.05, 0) is 24.3 Å². The first kappa shape index (κ1) is 12.1. The van der Waals surface area contributed by atoms with Crippen molar-refractivity contribution in [2.24, 2.45) is 5.92 Å². The lowest BCUT2D eigenvalue weighted by Crippen LogP contribution is -2.35. The largest absolute Gasteiger partial charge is 0.350 e. The molecule has 2 fully saturated rings. The molecule has 2 aromatic rings. The second-order valence-electron chi connectivity index (χ2n) is 6.27. The zero-order chi connectivity index (χ0) is 13.7. The van der Waals surface area contributed by atoms with Crippen molar-refractivity contribution in [3.05, 3.63) is 24.2 Å². The SMILES string of the molecule is CC(C)c1cc2c(N3CC[C@H]4CNC[C@H]43)nccn2n1. The maximum absolute atomic E-state index is 4.66. The fourth-order valence-corrected chi connectivity index (χ4v) is 3.54. The molecule has 2 aromatic heterocycles. The molecule has 4 rings (SSSR count). The van der Waals surface area contributed by atoms with Crippen molar-refractivity contribution in [1.82, 2.24) is 19.9 Å². The van der Waals surface area contributed by atoms with Crippen molar-refractivity contribution in [2.75, 3.05) is 24.5 Å².